The highest BCUT2D eigenvalue weighted by atomic mass is 79.9. The maximum Gasteiger partial charge on any atom is 0.228 e. The van der Waals surface area contributed by atoms with Crippen LogP contribution >= 0.6 is 54.8 Å². The van der Waals surface area contributed by atoms with Gasteiger partial charge in [0.25, 0.3) is 0 Å². The first-order valence-electron chi connectivity index (χ1n) is 5.04. The molecule has 0 saturated carbocycles. The van der Waals surface area contributed by atoms with Gasteiger partial charge in [0.2, 0.25) is 5.91 Å². The van der Waals surface area contributed by atoms with Gasteiger partial charge >= 0.3 is 0 Å². The Bertz CT molecular complexity index is 568. The topological polar surface area (TPSA) is 29.1 Å². The van der Waals surface area contributed by atoms with Gasteiger partial charge in [0, 0.05) is 10.7 Å². The minimum atomic E-state index is -0.0525. The van der Waals surface area contributed by atoms with Crippen LogP contribution in [-0.4, -0.2) is 5.91 Å². The molecule has 0 unspecified atom stereocenters. The van der Waals surface area contributed by atoms with Crippen LogP contribution in [0.5, 0.6) is 0 Å². The first-order valence-corrected chi connectivity index (χ1v) is 7.82. The van der Waals surface area contributed by atoms with E-state index in [9.17, 15) is 4.79 Å². The van der Waals surface area contributed by atoms with Crippen molar-refractivity contribution in [1.29, 1.82) is 0 Å². The highest BCUT2D eigenvalue weighted by Crippen LogP contribution is 2.32. The Morgan fingerprint density at radius 1 is 1.28 bits per heavy atom. The summed E-state index contributed by atoms with van der Waals surface area (Å²) in [4.78, 5) is 11.9. The van der Waals surface area contributed by atoms with Crippen LogP contribution in [0, 0.1) is 0 Å². The first-order chi connectivity index (χ1) is 8.54. The molecule has 1 amide bonds. The van der Waals surface area contributed by atoms with Crippen molar-refractivity contribution in [2.75, 3.05) is 5.32 Å². The number of anilines is 1. The summed E-state index contributed by atoms with van der Waals surface area (Å²) < 4.78 is 1.98. The van der Waals surface area contributed by atoms with Gasteiger partial charge in [-0.05, 0) is 67.8 Å². The number of benzene rings is 1. The number of amides is 1. The second kappa shape index (κ2) is 6.19. The standard InChI is InChI=1S/C12H8Br2ClNOS/c13-10-5-7(12(14)18-10)6-11(17)16-9-3-1-8(15)2-4-9/h1-5H,6H2,(H,16,17). The van der Waals surface area contributed by atoms with E-state index in [1.165, 1.54) is 0 Å². The average molecular weight is 410 g/mol. The lowest BCUT2D eigenvalue weighted by atomic mass is 10.2. The number of hydrogen-bond acceptors (Lipinski definition) is 2. The zero-order valence-corrected chi connectivity index (χ0v) is 13.8. The van der Waals surface area contributed by atoms with Crippen molar-refractivity contribution in [3.05, 3.63) is 48.5 Å². The van der Waals surface area contributed by atoms with Crippen molar-refractivity contribution >= 4 is 66.4 Å². The highest BCUT2D eigenvalue weighted by Gasteiger charge is 2.10. The van der Waals surface area contributed by atoms with Gasteiger partial charge in [-0.25, -0.2) is 0 Å². The Labute approximate surface area is 131 Å². The summed E-state index contributed by atoms with van der Waals surface area (Å²) in [5.41, 5.74) is 1.72. The van der Waals surface area contributed by atoms with Crippen LogP contribution in [0.3, 0.4) is 0 Å². The normalized spacial score (nSPS) is 10.4. The van der Waals surface area contributed by atoms with Crippen LogP contribution < -0.4 is 5.32 Å². The summed E-state index contributed by atoms with van der Waals surface area (Å²) in [6.07, 6.45) is 0.339. The van der Waals surface area contributed by atoms with E-state index in [0.29, 0.717) is 11.4 Å². The third-order valence-electron chi connectivity index (χ3n) is 2.21. The van der Waals surface area contributed by atoms with E-state index in [-0.39, 0.29) is 5.91 Å². The first kappa shape index (κ1) is 14.1. The van der Waals surface area contributed by atoms with E-state index in [1.54, 1.807) is 35.6 Å². The molecule has 2 aromatic rings. The van der Waals surface area contributed by atoms with Crippen molar-refractivity contribution in [2.24, 2.45) is 0 Å². The Kier molecular flexibility index (Phi) is 4.84. The Hall–Kier alpha value is -0.360. The van der Waals surface area contributed by atoms with Gasteiger partial charge in [-0.3, -0.25) is 4.79 Å². The fourth-order valence-electron chi connectivity index (χ4n) is 1.41. The summed E-state index contributed by atoms with van der Waals surface area (Å²) in [5, 5.41) is 3.48. The molecule has 0 fully saturated rings. The molecule has 0 spiro atoms. The largest absolute Gasteiger partial charge is 0.326 e. The third-order valence-corrected chi connectivity index (χ3v) is 4.92. The third kappa shape index (κ3) is 3.82. The van der Waals surface area contributed by atoms with E-state index in [2.05, 4.69) is 37.2 Å². The van der Waals surface area contributed by atoms with Crippen LogP contribution in [0.15, 0.2) is 37.9 Å². The SMILES string of the molecule is O=C(Cc1cc(Br)sc1Br)Nc1ccc(Cl)cc1. The van der Waals surface area contributed by atoms with E-state index in [4.69, 9.17) is 11.6 Å². The molecule has 0 aliphatic heterocycles. The molecular formula is C12H8Br2ClNOS. The summed E-state index contributed by atoms with van der Waals surface area (Å²) in [5.74, 6) is -0.0525. The summed E-state index contributed by atoms with van der Waals surface area (Å²) in [6, 6.07) is 8.98. The van der Waals surface area contributed by atoms with Crippen LogP contribution in [0.1, 0.15) is 5.56 Å². The lowest BCUT2D eigenvalue weighted by Gasteiger charge is -2.04. The van der Waals surface area contributed by atoms with Gasteiger partial charge in [0.15, 0.2) is 0 Å². The van der Waals surface area contributed by atoms with Gasteiger partial charge < -0.3 is 5.32 Å². The molecule has 1 aromatic heterocycles. The summed E-state index contributed by atoms with van der Waals surface area (Å²) in [7, 11) is 0. The second-order valence-corrected chi connectivity index (χ2v) is 7.77. The fraction of sp³-hybridized carbons (Fsp3) is 0.0833. The van der Waals surface area contributed by atoms with Crippen LogP contribution in [0.25, 0.3) is 0 Å². The van der Waals surface area contributed by atoms with Crippen molar-refractivity contribution in [1.82, 2.24) is 0 Å². The molecule has 0 aliphatic rings. The van der Waals surface area contributed by atoms with Crippen molar-refractivity contribution < 1.29 is 4.79 Å². The van der Waals surface area contributed by atoms with E-state index >= 15 is 0 Å². The molecule has 0 aliphatic carbocycles. The molecule has 0 atom stereocenters. The monoisotopic (exact) mass is 407 g/mol. The molecule has 0 radical (unpaired) electrons. The van der Waals surface area contributed by atoms with Crippen molar-refractivity contribution in [2.45, 2.75) is 6.42 Å². The molecule has 2 rings (SSSR count). The molecule has 18 heavy (non-hydrogen) atoms. The average Bonchev–Trinajstić information content (AvgIpc) is 2.61. The van der Waals surface area contributed by atoms with E-state index in [0.717, 1.165) is 18.8 Å². The zero-order chi connectivity index (χ0) is 13.1. The van der Waals surface area contributed by atoms with Crippen molar-refractivity contribution in [3.63, 3.8) is 0 Å². The molecule has 2 nitrogen and oxygen atoms in total. The minimum absolute atomic E-state index is 0.0525. The molecule has 6 heteroatoms. The van der Waals surface area contributed by atoms with Gasteiger partial charge in [-0.15, -0.1) is 11.3 Å². The second-order valence-electron chi connectivity index (χ2n) is 3.58. The van der Waals surface area contributed by atoms with Gasteiger partial charge in [-0.2, -0.15) is 0 Å². The number of rotatable bonds is 3. The predicted molar refractivity (Wildman–Crippen MR) is 83.5 cm³/mol. The molecule has 0 bridgehead atoms. The molecule has 94 valence electrons. The summed E-state index contributed by atoms with van der Waals surface area (Å²) >= 11 is 14.2. The molecular weight excluding hydrogens is 401 g/mol. The van der Waals surface area contributed by atoms with Crippen molar-refractivity contribution in [3.8, 4) is 0 Å². The summed E-state index contributed by atoms with van der Waals surface area (Å²) in [6.45, 7) is 0. The van der Waals surface area contributed by atoms with E-state index in [1.807, 2.05) is 6.07 Å². The van der Waals surface area contributed by atoms with Crippen LogP contribution in [-0.2, 0) is 11.2 Å². The number of halogens is 3. The van der Waals surface area contributed by atoms with Crippen LogP contribution in [0.4, 0.5) is 5.69 Å². The fourth-order valence-corrected chi connectivity index (χ4v) is 4.36. The predicted octanol–water partition coefficient (Wildman–Crippen LogP) is 5.11. The Balaban J connectivity index is 2.01. The Morgan fingerprint density at radius 3 is 2.50 bits per heavy atom. The smallest absolute Gasteiger partial charge is 0.228 e. The maximum atomic E-state index is 11.9. The highest BCUT2D eigenvalue weighted by molar-refractivity contribution is 9.12. The lowest BCUT2D eigenvalue weighted by Crippen LogP contribution is -2.14. The quantitative estimate of drug-likeness (QED) is 0.750. The van der Waals surface area contributed by atoms with E-state index < -0.39 is 0 Å². The molecule has 1 N–H and O–H groups in total. The Morgan fingerprint density at radius 2 is 1.94 bits per heavy atom. The molecule has 1 heterocycles. The number of nitrogens with one attached hydrogen (secondary N) is 1. The van der Waals surface area contributed by atoms with Gasteiger partial charge in [-0.1, -0.05) is 11.6 Å². The molecule has 1 aromatic carbocycles. The number of carbonyl (C=O) groups is 1. The maximum absolute atomic E-state index is 11.9. The number of carbonyl (C=O) groups excluding carboxylic acids is 1. The molecule has 0 saturated heterocycles. The lowest BCUT2D eigenvalue weighted by molar-refractivity contribution is -0.115. The number of thiophene rings is 1. The van der Waals surface area contributed by atoms with Gasteiger partial charge in [0.05, 0.1) is 14.0 Å². The van der Waals surface area contributed by atoms with Crippen LogP contribution in [0.2, 0.25) is 5.02 Å². The number of hydrogen-bond donors (Lipinski definition) is 1. The van der Waals surface area contributed by atoms with Gasteiger partial charge in [0.1, 0.15) is 0 Å². The zero-order valence-electron chi connectivity index (χ0n) is 9.04. The minimum Gasteiger partial charge on any atom is -0.326 e.